The van der Waals surface area contributed by atoms with Crippen LogP contribution in [0.1, 0.15) is 44.8 Å². The van der Waals surface area contributed by atoms with Crippen LogP contribution in [0, 0.1) is 5.92 Å². The number of benzene rings is 1. The third kappa shape index (κ3) is 2.78. The van der Waals surface area contributed by atoms with Gasteiger partial charge in [0, 0.05) is 0 Å². The average molecular weight is 250 g/mol. The second-order valence-electron chi connectivity index (χ2n) is 4.71. The van der Waals surface area contributed by atoms with Crippen molar-refractivity contribution in [3.63, 3.8) is 0 Å². The predicted octanol–water partition coefficient (Wildman–Crippen LogP) is 3.32. The molecule has 1 aromatic rings. The zero-order valence-electron chi connectivity index (χ0n) is 11.2. The fourth-order valence-electron chi connectivity index (χ4n) is 2.28. The molecule has 0 spiro atoms. The van der Waals surface area contributed by atoms with Gasteiger partial charge in [-0.3, -0.25) is 0 Å². The molecule has 1 aliphatic carbocycles. The van der Waals surface area contributed by atoms with Crippen molar-refractivity contribution in [1.29, 1.82) is 0 Å². The lowest BCUT2D eigenvalue weighted by Crippen LogP contribution is -2.20. The van der Waals surface area contributed by atoms with E-state index in [9.17, 15) is 5.11 Å². The molecule has 0 bridgehead atoms. The molecule has 100 valence electrons. The zero-order chi connectivity index (χ0) is 13.0. The van der Waals surface area contributed by atoms with Crippen LogP contribution in [0.5, 0.6) is 11.5 Å². The van der Waals surface area contributed by atoms with Gasteiger partial charge in [-0.1, -0.05) is 12.5 Å². The van der Waals surface area contributed by atoms with Gasteiger partial charge in [0.2, 0.25) is 0 Å². The van der Waals surface area contributed by atoms with Crippen LogP contribution in [0.2, 0.25) is 0 Å². The molecule has 1 N–H and O–H groups in total. The van der Waals surface area contributed by atoms with E-state index in [1.165, 1.54) is 6.42 Å². The first-order valence-corrected chi connectivity index (χ1v) is 6.83. The summed E-state index contributed by atoms with van der Waals surface area (Å²) in [6.45, 7) is 5.12. The van der Waals surface area contributed by atoms with Gasteiger partial charge in [0.1, 0.15) is 0 Å². The first-order valence-electron chi connectivity index (χ1n) is 6.83. The Kier molecular flexibility index (Phi) is 4.48. The highest BCUT2D eigenvalue weighted by Crippen LogP contribution is 2.40. The van der Waals surface area contributed by atoms with E-state index in [1.54, 1.807) is 0 Å². The zero-order valence-corrected chi connectivity index (χ0v) is 11.2. The second kappa shape index (κ2) is 6.10. The SMILES string of the molecule is CCOc1ccc(C(O)C2CCC2)cc1OCC. The molecule has 1 aliphatic rings. The van der Waals surface area contributed by atoms with Gasteiger partial charge < -0.3 is 14.6 Å². The van der Waals surface area contributed by atoms with Crippen molar-refractivity contribution in [3.05, 3.63) is 23.8 Å². The molecule has 18 heavy (non-hydrogen) atoms. The van der Waals surface area contributed by atoms with E-state index in [0.29, 0.717) is 19.1 Å². The Labute approximate surface area is 109 Å². The molecule has 0 saturated heterocycles. The minimum absolute atomic E-state index is 0.367. The highest BCUT2D eigenvalue weighted by molar-refractivity contribution is 5.43. The third-order valence-corrected chi connectivity index (χ3v) is 3.51. The molecule has 1 unspecified atom stereocenters. The number of ether oxygens (including phenoxy) is 2. The summed E-state index contributed by atoms with van der Waals surface area (Å²) in [6.07, 6.45) is 3.11. The molecule has 0 amide bonds. The lowest BCUT2D eigenvalue weighted by Gasteiger charge is -2.30. The van der Waals surface area contributed by atoms with E-state index in [4.69, 9.17) is 9.47 Å². The summed E-state index contributed by atoms with van der Waals surface area (Å²) in [5.74, 6) is 1.90. The number of aliphatic hydroxyl groups is 1. The van der Waals surface area contributed by atoms with Crippen molar-refractivity contribution in [3.8, 4) is 11.5 Å². The molecular weight excluding hydrogens is 228 g/mol. The summed E-state index contributed by atoms with van der Waals surface area (Å²) in [5.41, 5.74) is 0.937. The summed E-state index contributed by atoms with van der Waals surface area (Å²) < 4.78 is 11.1. The summed E-state index contributed by atoms with van der Waals surface area (Å²) in [4.78, 5) is 0. The topological polar surface area (TPSA) is 38.7 Å². The third-order valence-electron chi connectivity index (χ3n) is 3.51. The van der Waals surface area contributed by atoms with E-state index < -0.39 is 0 Å². The van der Waals surface area contributed by atoms with Crippen molar-refractivity contribution in [2.45, 2.75) is 39.2 Å². The molecule has 3 heteroatoms. The standard InChI is InChI=1S/C15H22O3/c1-3-17-13-9-8-12(10-14(13)18-4-2)15(16)11-6-5-7-11/h8-11,15-16H,3-7H2,1-2H3. The minimum Gasteiger partial charge on any atom is -0.490 e. The molecule has 1 saturated carbocycles. The Morgan fingerprint density at radius 1 is 1.17 bits per heavy atom. The number of hydrogen-bond acceptors (Lipinski definition) is 3. The second-order valence-corrected chi connectivity index (χ2v) is 4.71. The molecule has 0 heterocycles. The van der Waals surface area contributed by atoms with Gasteiger partial charge in [-0.25, -0.2) is 0 Å². The van der Waals surface area contributed by atoms with Crippen LogP contribution in [-0.2, 0) is 0 Å². The van der Waals surface area contributed by atoms with E-state index in [-0.39, 0.29) is 6.10 Å². The minimum atomic E-state index is -0.367. The Bertz CT molecular complexity index is 385. The van der Waals surface area contributed by atoms with Crippen LogP contribution in [-0.4, -0.2) is 18.3 Å². The first kappa shape index (κ1) is 13.2. The van der Waals surface area contributed by atoms with Gasteiger partial charge in [-0.2, -0.15) is 0 Å². The van der Waals surface area contributed by atoms with Gasteiger partial charge >= 0.3 is 0 Å². The molecule has 0 aliphatic heterocycles. The Balaban J connectivity index is 2.18. The normalized spacial score (nSPS) is 17.1. The highest BCUT2D eigenvalue weighted by atomic mass is 16.5. The highest BCUT2D eigenvalue weighted by Gasteiger charge is 2.27. The van der Waals surface area contributed by atoms with Gasteiger partial charge in [-0.05, 0) is 50.3 Å². The van der Waals surface area contributed by atoms with Gasteiger partial charge in [0.15, 0.2) is 11.5 Å². The summed E-state index contributed by atoms with van der Waals surface area (Å²) in [5, 5.41) is 10.3. The lowest BCUT2D eigenvalue weighted by atomic mass is 9.79. The maximum absolute atomic E-state index is 10.3. The first-order chi connectivity index (χ1) is 8.76. The molecule has 1 atom stereocenters. The average Bonchev–Trinajstić information content (AvgIpc) is 2.29. The number of rotatable bonds is 6. The number of aliphatic hydroxyl groups excluding tert-OH is 1. The molecule has 2 rings (SSSR count). The van der Waals surface area contributed by atoms with Gasteiger partial charge in [-0.15, -0.1) is 0 Å². The van der Waals surface area contributed by atoms with Crippen molar-refractivity contribution >= 4 is 0 Å². The van der Waals surface area contributed by atoms with Crippen molar-refractivity contribution in [2.75, 3.05) is 13.2 Å². The predicted molar refractivity (Wildman–Crippen MR) is 71.1 cm³/mol. The summed E-state index contributed by atoms with van der Waals surface area (Å²) >= 11 is 0. The molecule has 0 aromatic heterocycles. The van der Waals surface area contributed by atoms with Crippen molar-refractivity contribution in [1.82, 2.24) is 0 Å². The maximum Gasteiger partial charge on any atom is 0.161 e. The van der Waals surface area contributed by atoms with Gasteiger partial charge in [0.05, 0.1) is 19.3 Å². The van der Waals surface area contributed by atoms with Gasteiger partial charge in [0.25, 0.3) is 0 Å². The van der Waals surface area contributed by atoms with E-state index in [0.717, 1.165) is 29.9 Å². The van der Waals surface area contributed by atoms with Crippen LogP contribution in [0.25, 0.3) is 0 Å². The molecular formula is C15H22O3. The fraction of sp³-hybridized carbons (Fsp3) is 0.600. The van der Waals surface area contributed by atoms with Crippen LogP contribution in [0.4, 0.5) is 0 Å². The molecule has 1 fully saturated rings. The van der Waals surface area contributed by atoms with E-state index in [2.05, 4.69) is 0 Å². The Morgan fingerprint density at radius 2 is 1.83 bits per heavy atom. The molecule has 1 aromatic carbocycles. The van der Waals surface area contributed by atoms with Crippen LogP contribution in [0.3, 0.4) is 0 Å². The van der Waals surface area contributed by atoms with Crippen LogP contribution in [0.15, 0.2) is 18.2 Å². The lowest BCUT2D eigenvalue weighted by molar-refractivity contribution is 0.0618. The van der Waals surface area contributed by atoms with Crippen LogP contribution < -0.4 is 9.47 Å². The smallest absolute Gasteiger partial charge is 0.161 e. The van der Waals surface area contributed by atoms with Crippen molar-refractivity contribution < 1.29 is 14.6 Å². The largest absolute Gasteiger partial charge is 0.490 e. The molecule has 0 radical (unpaired) electrons. The van der Waals surface area contributed by atoms with Crippen molar-refractivity contribution in [2.24, 2.45) is 5.92 Å². The van der Waals surface area contributed by atoms with E-state index >= 15 is 0 Å². The Hall–Kier alpha value is -1.22. The summed E-state index contributed by atoms with van der Waals surface area (Å²) in [6, 6.07) is 5.75. The van der Waals surface area contributed by atoms with Crippen LogP contribution >= 0.6 is 0 Å². The fourth-order valence-corrected chi connectivity index (χ4v) is 2.28. The molecule has 3 nitrogen and oxygen atoms in total. The summed E-state index contributed by atoms with van der Waals surface area (Å²) in [7, 11) is 0. The maximum atomic E-state index is 10.3. The van der Waals surface area contributed by atoms with E-state index in [1.807, 2.05) is 32.0 Å². The number of hydrogen-bond donors (Lipinski definition) is 1. The quantitative estimate of drug-likeness (QED) is 0.841. The Morgan fingerprint density at radius 3 is 2.39 bits per heavy atom. The monoisotopic (exact) mass is 250 g/mol.